The number of sulfonamides is 1. The lowest BCUT2D eigenvalue weighted by molar-refractivity contribution is 0.0946. The third kappa shape index (κ3) is 5.65. The van der Waals surface area contributed by atoms with Crippen molar-refractivity contribution in [3.8, 4) is 11.4 Å². The van der Waals surface area contributed by atoms with E-state index in [0.717, 1.165) is 5.56 Å². The first kappa shape index (κ1) is 21.9. The first-order chi connectivity index (χ1) is 14.2. The summed E-state index contributed by atoms with van der Waals surface area (Å²) in [7, 11) is -3.60. The Kier molecular flexibility index (Phi) is 6.86. The zero-order valence-electron chi connectivity index (χ0n) is 16.4. The molecule has 0 bridgehead atoms. The van der Waals surface area contributed by atoms with E-state index in [-0.39, 0.29) is 29.2 Å². The van der Waals surface area contributed by atoms with Gasteiger partial charge in [-0.25, -0.2) is 13.1 Å². The minimum Gasteiger partial charge on any atom is -0.343 e. The molecule has 158 valence electrons. The monoisotopic (exact) mass is 448 g/mol. The van der Waals surface area contributed by atoms with Crippen LogP contribution in [0.1, 0.15) is 30.1 Å². The van der Waals surface area contributed by atoms with Gasteiger partial charge in [0.1, 0.15) is 0 Å². The molecule has 2 aromatic carbocycles. The highest BCUT2D eigenvalue weighted by atomic mass is 35.5. The highest BCUT2D eigenvalue weighted by Crippen LogP contribution is 2.18. The third-order valence-electron chi connectivity index (χ3n) is 4.08. The zero-order valence-corrected chi connectivity index (χ0v) is 18.0. The Balaban J connectivity index is 1.59. The van der Waals surface area contributed by atoms with Gasteiger partial charge in [0.05, 0.1) is 11.4 Å². The van der Waals surface area contributed by atoms with Crippen molar-refractivity contribution in [1.29, 1.82) is 0 Å². The molecule has 0 saturated carbocycles. The summed E-state index contributed by atoms with van der Waals surface area (Å²) in [5, 5.41) is 7.15. The predicted molar refractivity (Wildman–Crippen MR) is 112 cm³/mol. The number of nitrogens with zero attached hydrogens (tertiary/aromatic N) is 2. The predicted octanol–water partition coefficient (Wildman–Crippen LogP) is 3.25. The van der Waals surface area contributed by atoms with Gasteiger partial charge >= 0.3 is 0 Å². The van der Waals surface area contributed by atoms with Crippen molar-refractivity contribution in [3.05, 3.63) is 65.0 Å². The lowest BCUT2D eigenvalue weighted by atomic mass is 10.2. The van der Waals surface area contributed by atoms with Crippen LogP contribution in [-0.2, 0) is 16.6 Å². The average molecular weight is 449 g/mol. The van der Waals surface area contributed by atoms with E-state index in [2.05, 4.69) is 20.2 Å². The SMILES string of the molecule is CC(C)CNS(=O)(=O)c1ccc(C(=O)NCc2nc(-c3ccc(Cl)cc3)no2)cc1. The molecule has 10 heteroatoms. The van der Waals surface area contributed by atoms with Crippen molar-refractivity contribution in [2.75, 3.05) is 6.54 Å². The number of carbonyl (C=O) groups excluding carboxylic acids is 1. The Morgan fingerprint density at radius 3 is 2.40 bits per heavy atom. The van der Waals surface area contributed by atoms with Crippen molar-refractivity contribution in [1.82, 2.24) is 20.2 Å². The van der Waals surface area contributed by atoms with Gasteiger partial charge in [0.25, 0.3) is 5.91 Å². The number of rotatable bonds is 8. The number of hydrogen-bond acceptors (Lipinski definition) is 6. The lowest BCUT2D eigenvalue weighted by Gasteiger charge is -2.09. The van der Waals surface area contributed by atoms with Gasteiger partial charge in [-0.15, -0.1) is 0 Å². The Hall–Kier alpha value is -2.75. The van der Waals surface area contributed by atoms with Gasteiger partial charge in [-0.05, 0) is 54.4 Å². The molecule has 1 amide bonds. The van der Waals surface area contributed by atoms with E-state index < -0.39 is 10.0 Å². The third-order valence-corrected chi connectivity index (χ3v) is 5.77. The molecular weight excluding hydrogens is 428 g/mol. The molecule has 0 atom stereocenters. The molecule has 0 spiro atoms. The van der Waals surface area contributed by atoms with Crippen LogP contribution in [0.25, 0.3) is 11.4 Å². The minimum atomic E-state index is -3.60. The standard InChI is InChI=1S/C20H21ClN4O4S/c1-13(2)11-23-30(27,28)17-9-5-15(6-10-17)20(26)22-12-18-24-19(25-29-18)14-3-7-16(21)8-4-14/h3-10,13,23H,11-12H2,1-2H3,(H,22,26). The smallest absolute Gasteiger partial charge is 0.251 e. The van der Waals surface area contributed by atoms with Gasteiger partial charge in [0.2, 0.25) is 21.7 Å². The summed E-state index contributed by atoms with van der Waals surface area (Å²) in [6.07, 6.45) is 0. The van der Waals surface area contributed by atoms with E-state index in [9.17, 15) is 13.2 Å². The molecule has 0 aliphatic carbocycles. The quantitative estimate of drug-likeness (QED) is 0.546. The zero-order chi connectivity index (χ0) is 21.7. The molecule has 0 unspecified atom stereocenters. The Morgan fingerprint density at radius 1 is 1.10 bits per heavy atom. The van der Waals surface area contributed by atoms with Crippen LogP contribution < -0.4 is 10.0 Å². The van der Waals surface area contributed by atoms with Gasteiger partial charge in [0, 0.05) is 22.7 Å². The summed E-state index contributed by atoms with van der Waals surface area (Å²) >= 11 is 5.86. The molecule has 1 aromatic heterocycles. The van der Waals surface area contributed by atoms with E-state index in [1.165, 1.54) is 24.3 Å². The van der Waals surface area contributed by atoms with Crippen molar-refractivity contribution < 1.29 is 17.7 Å². The van der Waals surface area contributed by atoms with Crippen LogP contribution in [0.4, 0.5) is 0 Å². The van der Waals surface area contributed by atoms with Crippen molar-refractivity contribution in [2.24, 2.45) is 5.92 Å². The summed E-state index contributed by atoms with van der Waals surface area (Å²) in [5.41, 5.74) is 1.05. The molecule has 0 radical (unpaired) electrons. The highest BCUT2D eigenvalue weighted by Gasteiger charge is 2.16. The molecule has 0 aliphatic heterocycles. The van der Waals surface area contributed by atoms with Crippen molar-refractivity contribution >= 4 is 27.5 Å². The molecular formula is C20H21ClN4O4S. The number of benzene rings is 2. The summed E-state index contributed by atoms with van der Waals surface area (Å²) in [4.78, 5) is 16.7. The fourth-order valence-corrected chi connectivity index (χ4v) is 3.79. The second-order valence-corrected chi connectivity index (χ2v) is 9.17. The number of halogens is 1. The second kappa shape index (κ2) is 9.38. The first-order valence-electron chi connectivity index (χ1n) is 9.21. The fourth-order valence-electron chi connectivity index (χ4n) is 2.45. The van der Waals surface area contributed by atoms with E-state index in [4.69, 9.17) is 16.1 Å². The molecule has 3 rings (SSSR count). The molecule has 0 saturated heterocycles. The molecule has 3 aromatic rings. The summed E-state index contributed by atoms with van der Waals surface area (Å²) in [6, 6.07) is 12.7. The minimum absolute atomic E-state index is 0.0371. The number of amides is 1. The van der Waals surface area contributed by atoms with E-state index in [1.54, 1.807) is 24.3 Å². The van der Waals surface area contributed by atoms with Crippen LogP contribution in [0, 0.1) is 5.92 Å². The Labute approximate surface area is 179 Å². The molecule has 8 nitrogen and oxygen atoms in total. The fraction of sp³-hybridized carbons (Fsp3) is 0.250. The first-order valence-corrected chi connectivity index (χ1v) is 11.1. The Morgan fingerprint density at radius 2 is 1.77 bits per heavy atom. The number of hydrogen-bond donors (Lipinski definition) is 2. The van der Waals surface area contributed by atoms with Gasteiger partial charge < -0.3 is 9.84 Å². The summed E-state index contributed by atoms with van der Waals surface area (Å²) < 4.78 is 32.1. The van der Waals surface area contributed by atoms with Gasteiger partial charge in [-0.1, -0.05) is 30.6 Å². The number of nitrogens with one attached hydrogen (secondary N) is 2. The maximum atomic E-state index is 12.3. The van der Waals surface area contributed by atoms with Crippen LogP contribution in [-0.4, -0.2) is 31.0 Å². The molecule has 1 heterocycles. The molecule has 0 fully saturated rings. The van der Waals surface area contributed by atoms with Crippen LogP contribution in [0.3, 0.4) is 0 Å². The van der Waals surface area contributed by atoms with Crippen molar-refractivity contribution in [2.45, 2.75) is 25.3 Å². The maximum Gasteiger partial charge on any atom is 0.251 e. The number of aromatic nitrogens is 2. The van der Waals surface area contributed by atoms with E-state index >= 15 is 0 Å². The molecule has 0 aliphatic rings. The van der Waals surface area contributed by atoms with E-state index in [0.29, 0.717) is 23.0 Å². The molecule has 30 heavy (non-hydrogen) atoms. The van der Waals surface area contributed by atoms with Crippen molar-refractivity contribution in [3.63, 3.8) is 0 Å². The van der Waals surface area contributed by atoms with Crippen LogP contribution in [0.15, 0.2) is 57.9 Å². The average Bonchev–Trinajstić information content (AvgIpc) is 3.20. The lowest BCUT2D eigenvalue weighted by Crippen LogP contribution is -2.27. The normalized spacial score (nSPS) is 11.6. The maximum absolute atomic E-state index is 12.3. The van der Waals surface area contributed by atoms with Crippen LogP contribution in [0.5, 0.6) is 0 Å². The topological polar surface area (TPSA) is 114 Å². The van der Waals surface area contributed by atoms with Gasteiger partial charge in [0.15, 0.2) is 0 Å². The number of carbonyl (C=O) groups is 1. The summed E-state index contributed by atoms with van der Waals surface area (Å²) in [6.45, 7) is 4.21. The Bertz CT molecular complexity index is 1110. The highest BCUT2D eigenvalue weighted by molar-refractivity contribution is 7.89. The molecule has 2 N–H and O–H groups in total. The van der Waals surface area contributed by atoms with E-state index in [1.807, 2.05) is 13.8 Å². The second-order valence-electron chi connectivity index (χ2n) is 6.97. The van der Waals surface area contributed by atoms with Crippen LogP contribution >= 0.6 is 11.6 Å². The van der Waals surface area contributed by atoms with Gasteiger partial charge in [-0.3, -0.25) is 4.79 Å². The largest absolute Gasteiger partial charge is 0.343 e. The van der Waals surface area contributed by atoms with Gasteiger partial charge in [-0.2, -0.15) is 4.98 Å². The van der Waals surface area contributed by atoms with Crippen LogP contribution in [0.2, 0.25) is 5.02 Å². The summed E-state index contributed by atoms with van der Waals surface area (Å²) in [5.74, 6) is 0.430.